The SMILES string of the molecule is O=C(Nc1cccc(Cl)c1)c1cc2c(s1)-c1ccccc1SC2. The van der Waals surface area contributed by atoms with Gasteiger partial charge in [0.05, 0.1) is 4.88 Å². The largest absolute Gasteiger partial charge is 0.321 e. The summed E-state index contributed by atoms with van der Waals surface area (Å²) in [6.45, 7) is 0. The number of thiophene rings is 1. The van der Waals surface area contributed by atoms with Gasteiger partial charge in [-0.15, -0.1) is 23.1 Å². The van der Waals surface area contributed by atoms with Crippen LogP contribution in [0.1, 0.15) is 15.2 Å². The minimum absolute atomic E-state index is 0.0888. The number of anilines is 1. The van der Waals surface area contributed by atoms with E-state index in [1.807, 2.05) is 36.0 Å². The van der Waals surface area contributed by atoms with E-state index >= 15 is 0 Å². The van der Waals surface area contributed by atoms with Gasteiger partial charge in [-0.2, -0.15) is 0 Å². The van der Waals surface area contributed by atoms with Gasteiger partial charge in [0.1, 0.15) is 0 Å². The molecule has 2 aromatic carbocycles. The van der Waals surface area contributed by atoms with Gasteiger partial charge in [-0.3, -0.25) is 4.79 Å². The van der Waals surface area contributed by atoms with Crippen molar-refractivity contribution in [2.75, 3.05) is 5.32 Å². The average Bonchev–Trinajstić information content (AvgIpc) is 3.00. The molecule has 0 fully saturated rings. The quantitative estimate of drug-likeness (QED) is 0.616. The third-order valence-electron chi connectivity index (χ3n) is 3.63. The second kappa shape index (κ2) is 6.04. The number of halogens is 1. The Morgan fingerprint density at radius 1 is 1.09 bits per heavy atom. The number of carbonyl (C=O) groups excluding carboxylic acids is 1. The van der Waals surface area contributed by atoms with Crippen molar-refractivity contribution in [1.29, 1.82) is 0 Å². The maximum Gasteiger partial charge on any atom is 0.265 e. The highest BCUT2D eigenvalue weighted by Crippen LogP contribution is 2.45. The standard InChI is InChI=1S/C18H12ClNOS2/c19-12-4-3-5-13(9-12)20-18(21)16-8-11-10-22-15-7-2-1-6-14(15)17(11)23-16/h1-9H,10H2,(H,20,21). The van der Waals surface area contributed by atoms with E-state index in [1.54, 1.807) is 23.5 Å². The van der Waals surface area contributed by atoms with E-state index in [4.69, 9.17) is 11.6 Å². The van der Waals surface area contributed by atoms with Gasteiger partial charge in [0.15, 0.2) is 0 Å². The first-order valence-corrected chi connectivity index (χ1v) is 9.30. The molecule has 114 valence electrons. The first-order chi connectivity index (χ1) is 11.2. The zero-order valence-electron chi connectivity index (χ0n) is 12.0. The number of fused-ring (bicyclic) bond motifs is 3. The van der Waals surface area contributed by atoms with Gasteiger partial charge in [-0.05, 0) is 35.9 Å². The lowest BCUT2D eigenvalue weighted by Gasteiger charge is -2.14. The number of benzene rings is 2. The maximum atomic E-state index is 12.5. The smallest absolute Gasteiger partial charge is 0.265 e. The van der Waals surface area contributed by atoms with Gasteiger partial charge < -0.3 is 5.32 Å². The summed E-state index contributed by atoms with van der Waals surface area (Å²) in [5.74, 6) is 0.821. The molecular formula is C18H12ClNOS2. The molecule has 1 N–H and O–H groups in total. The molecule has 23 heavy (non-hydrogen) atoms. The maximum absolute atomic E-state index is 12.5. The van der Waals surface area contributed by atoms with E-state index in [0.717, 1.165) is 10.6 Å². The second-order valence-corrected chi connectivity index (χ2v) is 7.72. The van der Waals surface area contributed by atoms with Crippen LogP contribution in [0.5, 0.6) is 0 Å². The monoisotopic (exact) mass is 357 g/mol. The molecule has 0 radical (unpaired) electrons. The van der Waals surface area contributed by atoms with Crippen LogP contribution in [0.3, 0.4) is 0 Å². The van der Waals surface area contributed by atoms with E-state index in [0.29, 0.717) is 10.7 Å². The average molecular weight is 358 g/mol. The van der Waals surface area contributed by atoms with Crippen molar-refractivity contribution in [3.8, 4) is 10.4 Å². The highest BCUT2D eigenvalue weighted by Gasteiger charge is 2.21. The summed E-state index contributed by atoms with van der Waals surface area (Å²) in [5.41, 5.74) is 3.17. The lowest BCUT2D eigenvalue weighted by molar-refractivity contribution is 0.103. The number of amides is 1. The fourth-order valence-corrected chi connectivity index (χ4v) is 5.07. The summed E-state index contributed by atoms with van der Waals surface area (Å²) in [4.78, 5) is 15.7. The predicted molar refractivity (Wildman–Crippen MR) is 98.7 cm³/mol. The zero-order chi connectivity index (χ0) is 15.8. The van der Waals surface area contributed by atoms with Crippen LogP contribution in [0, 0.1) is 0 Å². The molecule has 0 saturated carbocycles. The van der Waals surface area contributed by atoms with Crippen LogP contribution in [-0.2, 0) is 5.75 Å². The fraction of sp³-hybridized carbons (Fsp3) is 0.0556. The van der Waals surface area contributed by atoms with Crippen molar-refractivity contribution in [2.45, 2.75) is 10.6 Å². The van der Waals surface area contributed by atoms with E-state index < -0.39 is 0 Å². The Labute approximate surface area is 147 Å². The molecule has 0 spiro atoms. The molecule has 3 aromatic rings. The van der Waals surface area contributed by atoms with E-state index in [1.165, 1.54) is 20.9 Å². The van der Waals surface area contributed by atoms with Crippen molar-refractivity contribution in [3.63, 3.8) is 0 Å². The Morgan fingerprint density at radius 3 is 2.83 bits per heavy atom. The first kappa shape index (κ1) is 14.8. The molecular weight excluding hydrogens is 346 g/mol. The van der Waals surface area contributed by atoms with Crippen LogP contribution in [0.4, 0.5) is 5.69 Å². The summed E-state index contributed by atoms with van der Waals surface area (Å²) in [6, 6.07) is 17.5. The van der Waals surface area contributed by atoms with Crippen LogP contribution < -0.4 is 5.32 Å². The highest BCUT2D eigenvalue weighted by atomic mass is 35.5. The third-order valence-corrected chi connectivity index (χ3v) is 6.20. The molecule has 1 aromatic heterocycles. The molecule has 1 amide bonds. The molecule has 5 heteroatoms. The van der Waals surface area contributed by atoms with E-state index in [-0.39, 0.29) is 5.91 Å². The van der Waals surface area contributed by atoms with Gasteiger partial charge in [0.25, 0.3) is 5.91 Å². The molecule has 1 aliphatic rings. The molecule has 1 aliphatic heterocycles. The topological polar surface area (TPSA) is 29.1 Å². The Bertz CT molecular complexity index is 904. The van der Waals surface area contributed by atoms with Gasteiger partial charge in [0, 0.05) is 31.8 Å². The number of rotatable bonds is 2. The molecule has 0 saturated heterocycles. The number of nitrogens with one attached hydrogen (secondary N) is 1. The van der Waals surface area contributed by atoms with Crippen molar-refractivity contribution in [1.82, 2.24) is 0 Å². The summed E-state index contributed by atoms with van der Waals surface area (Å²) in [6.07, 6.45) is 0. The van der Waals surface area contributed by atoms with Crippen molar-refractivity contribution < 1.29 is 4.79 Å². The normalized spacial score (nSPS) is 12.4. The predicted octanol–water partition coefficient (Wildman–Crippen LogP) is 5.93. The zero-order valence-corrected chi connectivity index (χ0v) is 14.4. The number of thioether (sulfide) groups is 1. The van der Waals surface area contributed by atoms with E-state index in [2.05, 4.69) is 23.5 Å². The lowest BCUT2D eigenvalue weighted by atomic mass is 10.1. The summed E-state index contributed by atoms with van der Waals surface area (Å²) < 4.78 is 0. The Hall–Kier alpha value is -1.75. The summed E-state index contributed by atoms with van der Waals surface area (Å²) in [7, 11) is 0. The van der Waals surface area contributed by atoms with Crippen molar-refractivity contribution in [3.05, 3.63) is 70.1 Å². The molecule has 0 bridgehead atoms. The van der Waals surface area contributed by atoms with Crippen LogP contribution in [0.15, 0.2) is 59.5 Å². The van der Waals surface area contributed by atoms with Gasteiger partial charge in [-0.25, -0.2) is 0 Å². The van der Waals surface area contributed by atoms with Crippen molar-refractivity contribution >= 4 is 46.3 Å². The molecule has 0 unspecified atom stereocenters. The van der Waals surface area contributed by atoms with E-state index in [9.17, 15) is 4.79 Å². The molecule has 2 heterocycles. The second-order valence-electron chi connectivity index (χ2n) is 5.21. The van der Waals surface area contributed by atoms with Gasteiger partial charge in [0.2, 0.25) is 0 Å². The fourth-order valence-electron chi connectivity index (χ4n) is 2.57. The Balaban J connectivity index is 1.65. The van der Waals surface area contributed by atoms with Crippen LogP contribution in [0.2, 0.25) is 5.02 Å². The number of carbonyl (C=O) groups is 1. The summed E-state index contributed by atoms with van der Waals surface area (Å²) >= 11 is 9.33. The van der Waals surface area contributed by atoms with Crippen LogP contribution in [0.25, 0.3) is 10.4 Å². The lowest BCUT2D eigenvalue weighted by Crippen LogP contribution is -2.09. The number of hydrogen-bond donors (Lipinski definition) is 1. The first-order valence-electron chi connectivity index (χ1n) is 7.12. The summed E-state index contributed by atoms with van der Waals surface area (Å²) in [5, 5.41) is 3.52. The highest BCUT2D eigenvalue weighted by molar-refractivity contribution is 7.98. The Kier molecular flexibility index (Phi) is 3.89. The molecule has 0 aliphatic carbocycles. The van der Waals surface area contributed by atoms with Crippen LogP contribution in [-0.4, -0.2) is 5.91 Å². The van der Waals surface area contributed by atoms with Gasteiger partial charge >= 0.3 is 0 Å². The van der Waals surface area contributed by atoms with Crippen molar-refractivity contribution in [2.24, 2.45) is 0 Å². The molecule has 2 nitrogen and oxygen atoms in total. The minimum Gasteiger partial charge on any atom is -0.321 e. The minimum atomic E-state index is -0.0888. The third kappa shape index (κ3) is 2.90. The molecule has 0 atom stereocenters. The van der Waals surface area contributed by atoms with Gasteiger partial charge in [-0.1, -0.05) is 35.9 Å². The molecule has 4 rings (SSSR count). The Morgan fingerprint density at radius 2 is 1.96 bits per heavy atom. The number of hydrogen-bond acceptors (Lipinski definition) is 3. The van der Waals surface area contributed by atoms with Crippen LogP contribution >= 0.6 is 34.7 Å².